The van der Waals surface area contributed by atoms with E-state index in [1.54, 1.807) is 0 Å². The Labute approximate surface area is 140 Å². The summed E-state index contributed by atoms with van der Waals surface area (Å²) in [6.07, 6.45) is 2.94. The van der Waals surface area contributed by atoms with E-state index in [9.17, 15) is 25.0 Å². The normalized spacial score (nSPS) is 10.6. The Morgan fingerprint density at radius 1 is 1.36 bits per heavy atom. The van der Waals surface area contributed by atoms with Gasteiger partial charge in [-0.15, -0.1) is 0 Å². The zero-order chi connectivity index (χ0) is 18.6. The molecule has 0 aromatic carbocycles. The second kappa shape index (κ2) is 7.48. The van der Waals surface area contributed by atoms with Crippen LogP contribution in [0.3, 0.4) is 0 Å². The average molecular weight is 353 g/mol. The number of rotatable bonds is 8. The number of nitro groups is 2. The van der Waals surface area contributed by atoms with Crippen molar-refractivity contribution in [2.75, 3.05) is 11.9 Å². The summed E-state index contributed by atoms with van der Waals surface area (Å²) in [4.78, 5) is 32.0. The van der Waals surface area contributed by atoms with Gasteiger partial charge >= 0.3 is 11.5 Å². The maximum atomic E-state index is 12.0. The fourth-order valence-electron chi connectivity index (χ4n) is 2.03. The molecule has 0 aliphatic heterocycles. The molecule has 0 aliphatic carbocycles. The van der Waals surface area contributed by atoms with E-state index >= 15 is 0 Å². The van der Waals surface area contributed by atoms with Gasteiger partial charge in [-0.1, -0.05) is 0 Å². The second-order valence-electron chi connectivity index (χ2n) is 4.87. The van der Waals surface area contributed by atoms with Crippen LogP contribution in [0.25, 0.3) is 0 Å². The third kappa shape index (κ3) is 4.14. The van der Waals surface area contributed by atoms with E-state index in [-0.39, 0.29) is 12.4 Å². The van der Waals surface area contributed by atoms with Crippen LogP contribution in [0.5, 0.6) is 0 Å². The molecule has 13 nitrogen and oxygen atoms in total. The molecule has 0 saturated carbocycles. The Morgan fingerprint density at radius 3 is 2.64 bits per heavy atom. The summed E-state index contributed by atoms with van der Waals surface area (Å²) in [6, 6.07) is 0. The molecular formula is C12H15N7O6. The molecule has 25 heavy (non-hydrogen) atoms. The summed E-state index contributed by atoms with van der Waals surface area (Å²) >= 11 is 0. The third-order valence-electron chi connectivity index (χ3n) is 3.15. The van der Waals surface area contributed by atoms with Gasteiger partial charge in [-0.3, -0.25) is 14.9 Å². The van der Waals surface area contributed by atoms with Crippen molar-refractivity contribution in [2.45, 2.75) is 27.1 Å². The van der Waals surface area contributed by atoms with Gasteiger partial charge in [0.1, 0.15) is 19.0 Å². The molecule has 0 saturated heterocycles. The summed E-state index contributed by atoms with van der Waals surface area (Å²) in [6.45, 7) is 3.43. The van der Waals surface area contributed by atoms with E-state index in [1.807, 2.05) is 6.92 Å². The van der Waals surface area contributed by atoms with Gasteiger partial charge in [0.05, 0.1) is 28.1 Å². The first kappa shape index (κ1) is 18.0. The summed E-state index contributed by atoms with van der Waals surface area (Å²) in [5.41, 5.74) is -0.431. The van der Waals surface area contributed by atoms with Crippen molar-refractivity contribution in [1.82, 2.24) is 19.6 Å². The number of carbonyl (C=O) groups excluding carboxylic acids is 1. The number of aromatic nitrogens is 4. The maximum Gasteiger partial charge on any atom is 0.468 e. The van der Waals surface area contributed by atoms with E-state index < -0.39 is 33.8 Å². The van der Waals surface area contributed by atoms with E-state index in [2.05, 4.69) is 15.5 Å². The topological polar surface area (TPSA) is 160 Å². The highest BCUT2D eigenvalue weighted by Crippen LogP contribution is 2.29. The van der Waals surface area contributed by atoms with Crippen LogP contribution in [0.15, 0.2) is 12.4 Å². The van der Waals surface area contributed by atoms with E-state index in [4.69, 9.17) is 4.74 Å². The Hall–Kier alpha value is -3.35. The molecule has 2 heterocycles. The Morgan fingerprint density at radius 2 is 2.08 bits per heavy atom. The smallest absolute Gasteiger partial charge is 0.360 e. The number of nitrogens with one attached hydrogen (secondary N) is 1. The minimum absolute atomic E-state index is 0.0844. The number of carbonyl (C=O) groups is 1. The zero-order valence-corrected chi connectivity index (χ0v) is 13.4. The van der Waals surface area contributed by atoms with E-state index in [1.165, 1.54) is 24.0 Å². The monoisotopic (exact) mass is 353 g/mol. The van der Waals surface area contributed by atoms with Gasteiger partial charge < -0.3 is 20.2 Å². The lowest BCUT2D eigenvalue weighted by molar-refractivity contribution is -0.424. The van der Waals surface area contributed by atoms with Crippen LogP contribution in [0.2, 0.25) is 0 Å². The first-order valence-corrected chi connectivity index (χ1v) is 7.09. The van der Waals surface area contributed by atoms with Gasteiger partial charge in [0.2, 0.25) is 5.91 Å². The van der Waals surface area contributed by atoms with Gasteiger partial charge in [-0.05, 0) is 18.8 Å². The van der Waals surface area contributed by atoms with E-state index in [0.29, 0.717) is 12.3 Å². The Bertz CT molecular complexity index is 811. The molecule has 134 valence electrons. The fourth-order valence-corrected chi connectivity index (χ4v) is 2.03. The van der Waals surface area contributed by atoms with E-state index in [0.717, 1.165) is 4.68 Å². The number of hydrogen-bond donors (Lipinski definition) is 1. The molecule has 2 aromatic heterocycles. The first-order chi connectivity index (χ1) is 11.8. The van der Waals surface area contributed by atoms with Gasteiger partial charge in [-0.2, -0.15) is 9.78 Å². The third-order valence-corrected chi connectivity index (χ3v) is 3.15. The van der Waals surface area contributed by atoms with Crippen LogP contribution < -0.4 is 5.32 Å². The number of amides is 1. The fraction of sp³-hybridized carbons (Fsp3) is 0.417. The van der Waals surface area contributed by atoms with Gasteiger partial charge in [0.25, 0.3) is 0 Å². The second-order valence-corrected chi connectivity index (χ2v) is 4.87. The number of hydrogen-bond acceptors (Lipinski definition) is 8. The molecule has 0 aliphatic rings. The lowest BCUT2D eigenvalue weighted by atomic mass is 10.4. The van der Waals surface area contributed by atoms with Gasteiger partial charge in [-0.25, -0.2) is 4.68 Å². The molecule has 0 unspecified atom stereocenters. The summed E-state index contributed by atoms with van der Waals surface area (Å²) in [7, 11) is 0. The summed E-state index contributed by atoms with van der Waals surface area (Å²) in [5, 5.41) is 31.8. The number of nitrogens with zero attached hydrogens (tertiary/aromatic N) is 6. The molecule has 2 rings (SSSR count). The Balaban J connectivity index is 2.10. The largest absolute Gasteiger partial charge is 0.468 e. The van der Waals surface area contributed by atoms with Crippen molar-refractivity contribution in [3.05, 3.63) is 38.3 Å². The predicted octanol–water partition coefficient (Wildman–Crippen LogP) is 0.837. The molecule has 0 radical (unpaired) electrons. The highest BCUT2D eigenvalue weighted by Gasteiger charge is 2.35. The quantitative estimate of drug-likeness (QED) is 0.539. The minimum atomic E-state index is -0.961. The lowest BCUT2D eigenvalue weighted by Gasteiger charge is -2.02. The molecule has 1 N–H and O–H groups in total. The summed E-state index contributed by atoms with van der Waals surface area (Å²) < 4.78 is 7.54. The highest BCUT2D eigenvalue weighted by atomic mass is 16.6. The van der Waals surface area contributed by atoms with Crippen molar-refractivity contribution in [2.24, 2.45) is 0 Å². The molecule has 0 spiro atoms. The van der Waals surface area contributed by atoms with Crippen molar-refractivity contribution < 1.29 is 19.4 Å². The number of anilines is 1. The highest BCUT2D eigenvalue weighted by molar-refractivity contribution is 5.90. The average Bonchev–Trinajstić information content (AvgIpc) is 3.10. The minimum Gasteiger partial charge on any atom is -0.360 e. The van der Waals surface area contributed by atoms with Gasteiger partial charge in [0, 0.05) is 6.61 Å². The van der Waals surface area contributed by atoms with Crippen molar-refractivity contribution >= 4 is 23.1 Å². The molecular weight excluding hydrogens is 338 g/mol. The first-order valence-electron chi connectivity index (χ1n) is 7.09. The van der Waals surface area contributed by atoms with Crippen LogP contribution in [-0.4, -0.2) is 41.9 Å². The molecule has 0 fully saturated rings. The van der Waals surface area contributed by atoms with Crippen molar-refractivity contribution in [3.63, 3.8) is 0 Å². The Kier molecular flexibility index (Phi) is 5.38. The van der Waals surface area contributed by atoms with Crippen molar-refractivity contribution in [1.29, 1.82) is 0 Å². The number of ether oxygens (including phenoxy) is 1. The summed E-state index contributed by atoms with van der Waals surface area (Å²) in [5.74, 6) is -1.47. The lowest BCUT2D eigenvalue weighted by Crippen LogP contribution is -2.20. The standard InChI is InChI=1S/C12H15N7O6/c1-3-25-7-16-5-9(4-13-16)14-10(20)6-17-8(2)11(18(21)22)12(15-17)19(23)24/h4-5H,3,6-7H2,1-2H3,(H,14,20). The molecule has 1 amide bonds. The van der Waals surface area contributed by atoms with Crippen LogP contribution in [0.1, 0.15) is 12.6 Å². The predicted molar refractivity (Wildman–Crippen MR) is 82.8 cm³/mol. The van der Waals surface area contributed by atoms with Crippen LogP contribution in [0.4, 0.5) is 17.2 Å². The maximum absolute atomic E-state index is 12.0. The van der Waals surface area contributed by atoms with Crippen LogP contribution >= 0.6 is 0 Å². The van der Waals surface area contributed by atoms with Crippen LogP contribution in [0, 0.1) is 27.2 Å². The molecule has 13 heteroatoms. The van der Waals surface area contributed by atoms with Gasteiger partial charge in [0.15, 0.2) is 0 Å². The molecule has 2 aromatic rings. The molecule has 0 bridgehead atoms. The SMILES string of the molecule is CCOCn1cc(NC(=O)Cn2nc([N+](=O)[O-])c([N+](=O)[O-])c2C)cn1. The zero-order valence-electron chi connectivity index (χ0n) is 13.4. The van der Waals surface area contributed by atoms with Crippen molar-refractivity contribution in [3.8, 4) is 0 Å². The van der Waals surface area contributed by atoms with Crippen LogP contribution in [-0.2, 0) is 22.8 Å². The molecule has 0 atom stereocenters.